The van der Waals surface area contributed by atoms with Gasteiger partial charge in [-0.25, -0.2) is 8.42 Å². The first-order chi connectivity index (χ1) is 16.4. The average Bonchev–Trinajstić information content (AvgIpc) is 2.87. The summed E-state index contributed by atoms with van der Waals surface area (Å²) in [6.07, 6.45) is 0.965. The van der Waals surface area contributed by atoms with Crippen LogP contribution in [0, 0.1) is 12.8 Å². The van der Waals surface area contributed by atoms with E-state index in [-0.39, 0.29) is 22.8 Å². The molecule has 1 heterocycles. The van der Waals surface area contributed by atoms with Crippen LogP contribution >= 0.6 is 0 Å². The van der Waals surface area contributed by atoms with Gasteiger partial charge in [-0.1, -0.05) is 60.2 Å². The van der Waals surface area contributed by atoms with Crippen LogP contribution in [0.15, 0.2) is 83.8 Å². The number of piperidine rings is 1. The molecule has 7 heteroatoms. The molecule has 6 nitrogen and oxygen atoms in total. The summed E-state index contributed by atoms with van der Waals surface area (Å²) in [5.74, 6) is 0.325. The number of hydrogen-bond donors (Lipinski definition) is 1. The quantitative estimate of drug-likeness (QED) is 0.549. The number of carbonyl (C=O) groups is 1. The molecule has 1 atom stereocenters. The molecule has 178 valence electrons. The monoisotopic (exact) mass is 478 g/mol. The van der Waals surface area contributed by atoms with Gasteiger partial charge in [-0.05, 0) is 55.2 Å². The van der Waals surface area contributed by atoms with E-state index in [1.165, 1.54) is 4.31 Å². The molecule has 0 aliphatic carbocycles. The number of benzene rings is 3. The van der Waals surface area contributed by atoms with Crippen LogP contribution in [-0.4, -0.2) is 38.8 Å². The highest BCUT2D eigenvalue weighted by Gasteiger charge is 2.33. The minimum Gasteiger partial charge on any atom is -0.497 e. The maximum Gasteiger partial charge on any atom is 0.243 e. The van der Waals surface area contributed by atoms with E-state index in [4.69, 9.17) is 4.74 Å². The lowest BCUT2D eigenvalue weighted by atomic mass is 9.93. The SMILES string of the molecule is COc1ccc(S(=O)(=O)N2CCC(C(=O)NC(c3ccccc3)c3cccc(C)c3)CC2)cc1. The molecule has 4 rings (SSSR count). The van der Waals surface area contributed by atoms with E-state index >= 15 is 0 Å². The molecule has 34 heavy (non-hydrogen) atoms. The Morgan fingerprint density at radius 1 is 0.941 bits per heavy atom. The van der Waals surface area contributed by atoms with E-state index in [0.717, 1.165) is 16.7 Å². The van der Waals surface area contributed by atoms with Crippen molar-refractivity contribution in [2.45, 2.75) is 30.7 Å². The van der Waals surface area contributed by atoms with Gasteiger partial charge in [0.2, 0.25) is 15.9 Å². The van der Waals surface area contributed by atoms with E-state index < -0.39 is 10.0 Å². The Bertz CT molecular complexity index is 1220. The number of aryl methyl sites for hydroxylation is 1. The van der Waals surface area contributed by atoms with Gasteiger partial charge in [0.05, 0.1) is 18.0 Å². The second-order valence-corrected chi connectivity index (χ2v) is 10.6. The molecule has 3 aromatic carbocycles. The fourth-order valence-electron chi connectivity index (χ4n) is 4.37. The van der Waals surface area contributed by atoms with E-state index in [2.05, 4.69) is 11.4 Å². The lowest BCUT2D eigenvalue weighted by Gasteiger charge is -2.31. The third-order valence-electron chi connectivity index (χ3n) is 6.32. The van der Waals surface area contributed by atoms with Crippen molar-refractivity contribution in [2.24, 2.45) is 5.92 Å². The number of amides is 1. The van der Waals surface area contributed by atoms with E-state index in [9.17, 15) is 13.2 Å². The highest BCUT2D eigenvalue weighted by atomic mass is 32.2. The Hall–Kier alpha value is -3.16. The topological polar surface area (TPSA) is 75.7 Å². The third kappa shape index (κ3) is 5.32. The van der Waals surface area contributed by atoms with Crippen molar-refractivity contribution in [3.63, 3.8) is 0 Å². The fraction of sp³-hybridized carbons (Fsp3) is 0.296. The van der Waals surface area contributed by atoms with E-state index in [0.29, 0.717) is 31.7 Å². The van der Waals surface area contributed by atoms with Gasteiger partial charge in [0.15, 0.2) is 0 Å². The first kappa shape index (κ1) is 24.0. The number of carbonyl (C=O) groups excluding carboxylic acids is 1. The number of methoxy groups -OCH3 is 1. The summed E-state index contributed by atoms with van der Waals surface area (Å²) in [5, 5.41) is 3.22. The predicted molar refractivity (Wildman–Crippen MR) is 132 cm³/mol. The average molecular weight is 479 g/mol. The Morgan fingerprint density at radius 2 is 1.59 bits per heavy atom. The van der Waals surface area contributed by atoms with Gasteiger partial charge in [0.1, 0.15) is 5.75 Å². The molecule has 0 radical (unpaired) electrons. The summed E-state index contributed by atoms with van der Waals surface area (Å²) in [6.45, 7) is 2.66. The Kier molecular flexibility index (Phi) is 7.34. The van der Waals surface area contributed by atoms with E-state index in [1.54, 1.807) is 31.4 Å². The minimum absolute atomic E-state index is 0.0446. The number of nitrogens with zero attached hydrogens (tertiary/aromatic N) is 1. The van der Waals surface area contributed by atoms with Crippen LogP contribution in [0.2, 0.25) is 0 Å². The van der Waals surface area contributed by atoms with Crippen molar-refractivity contribution in [1.82, 2.24) is 9.62 Å². The fourth-order valence-corrected chi connectivity index (χ4v) is 5.84. The second kappa shape index (κ2) is 10.4. The summed E-state index contributed by atoms with van der Waals surface area (Å²) in [4.78, 5) is 13.5. The second-order valence-electron chi connectivity index (χ2n) is 8.62. The summed E-state index contributed by atoms with van der Waals surface area (Å²) < 4.78 is 32.6. The summed E-state index contributed by atoms with van der Waals surface area (Å²) in [6, 6.07) is 24.2. The zero-order valence-corrected chi connectivity index (χ0v) is 20.3. The van der Waals surface area contributed by atoms with Crippen molar-refractivity contribution in [1.29, 1.82) is 0 Å². The molecular weight excluding hydrogens is 448 g/mol. The van der Waals surface area contributed by atoms with Crippen LogP contribution in [0.25, 0.3) is 0 Å². The molecule has 1 amide bonds. The molecule has 0 saturated carbocycles. The maximum absolute atomic E-state index is 13.2. The number of ether oxygens (including phenoxy) is 1. The molecular formula is C27H30N2O4S. The van der Waals surface area contributed by atoms with Crippen LogP contribution in [0.3, 0.4) is 0 Å². The smallest absolute Gasteiger partial charge is 0.243 e. The van der Waals surface area contributed by atoms with Crippen LogP contribution in [0.5, 0.6) is 5.75 Å². The number of hydrogen-bond acceptors (Lipinski definition) is 4. The highest BCUT2D eigenvalue weighted by Crippen LogP contribution is 2.28. The van der Waals surface area contributed by atoms with Crippen LogP contribution in [0.1, 0.15) is 35.6 Å². The van der Waals surface area contributed by atoms with Crippen molar-refractivity contribution in [2.75, 3.05) is 20.2 Å². The first-order valence-electron chi connectivity index (χ1n) is 11.4. The molecule has 0 aromatic heterocycles. The molecule has 1 fully saturated rings. The zero-order valence-electron chi connectivity index (χ0n) is 19.5. The number of rotatable bonds is 7. The molecule has 1 saturated heterocycles. The van der Waals surface area contributed by atoms with Gasteiger partial charge in [0, 0.05) is 19.0 Å². The minimum atomic E-state index is -3.60. The third-order valence-corrected chi connectivity index (χ3v) is 8.23. The summed E-state index contributed by atoms with van der Waals surface area (Å²) >= 11 is 0. The lowest BCUT2D eigenvalue weighted by Crippen LogP contribution is -2.43. The van der Waals surface area contributed by atoms with Gasteiger partial charge in [-0.2, -0.15) is 4.31 Å². The Labute approximate surface area is 201 Å². The summed E-state index contributed by atoms with van der Waals surface area (Å²) in [5.41, 5.74) is 3.17. The Balaban J connectivity index is 1.44. The van der Waals surface area contributed by atoms with E-state index in [1.807, 2.05) is 55.5 Å². The maximum atomic E-state index is 13.2. The van der Waals surface area contributed by atoms with Crippen molar-refractivity contribution < 1.29 is 17.9 Å². The molecule has 1 N–H and O–H groups in total. The highest BCUT2D eigenvalue weighted by molar-refractivity contribution is 7.89. The lowest BCUT2D eigenvalue weighted by molar-refractivity contribution is -0.126. The summed E-state index contributed by atoms with van der Waals surface area (Å²) in [7, 11) is -2.06. The molecule has 0 bridgehead atoms. The Morgan fingerprint density at radius 3 is 2.21 bits per heavy atom. The van der Waals surface area contributed by atoms with Gasteiger partial charge < -0.3 is 10.1 Å². The number of nitrogens with one attached hydrogen (secondary N) is 1. The molecule has 1 aliphatic rings. The first-order valence-corrected chi connectivity index (χ1v) is 12.9. The van der Waals surface area contributed by atoms with Gasteiger partial charge in [-0.3, -0.25) is 4.79 Å². The van der Waals surface area contributed by atoms with Crippen LogP contribution in [0.4, 0.5) is 0 Å². The van der Waals surface area contributed by atoms with Crippen LogP contribution in [-0.2, 0) is 14.8 Å². The van der Waals surface area contributed by atoms with Crippen LogP contribution < -0.4 is 10.1 Å². The van der Waals surface area contributed by atoms with Crippen molar-refractivity contribution >= 4 is 15.9 Å². The normalized spacial score (nSPS) is 16.1. The van der Waals surface area contributed by atoms with Gasteiger partial charge in [0.25, 0.3) is 0 Å². The van der Waals surface area contributed by atoms with Crippen molar-refractivity contribution in [3.05, 3.63) is 95.6 Å². The zero-order chi connectivity index (χ0) is 24.1. The molecule has 0 spiro atoms. The van der Waals surface area contributed by atoms with Gasteiger partial charge in [-0.15, -0.1) is 0 Å². The largest absolute Gasteiger partial charge is 0.497 e. The predicted octanol–water partition coefficient (Wildman–Crippen LogP) is 4.31. The molecule has 1 unspecified atom stereocenters. The molecule has 1 aliphatic heterocycles. The molecule has 3 aromatic rings. The van der Waals surface area contributed by atoms with Crippen molar-refractivity contribution in [3.8, 4) is 5.75 Å². The number of sulfonamides is 1. The van der Waals surface area contributed by atoms with Gasteiger partial charge >= 0.3 is 0 Å². The standard InChI is InChI=1S/C27H30N2O4S/c1-20-7-6-10-23(19-20)26(21-8-4-3-5-9-21)28-27(30)22-15-17-29(18-16-22)34(31,32)25-13-11-24(33-2)12-14-25/h3-14,19,22,26H,15-18H2,1-2H3,(H,28,30).